The van der Waals surface area contributed by atoms with Crippen molar-refractivity contribution in [1.29, 1.82) is 0 Å². The number of halogens is 1. The first-order valence-electron chi connectivity index (χ1n) is 5.75. The van der Waals surface area contributed by atoms with Gasteiger partial charge >= 0.3 is 0 Å². The number of hydrogen-bond donors (Lipinski definition) is 1. The maximum Gasteiger partial charge on any atom is 0.0976 e. The molecule has 0 aliphatic heterocycles. The van der Waals surface area contributed by atoms with Gasteiger partial charge in [-0.3, -0.25) is 4.98 Å². The summed E-state index contributed by atoms with van der Waals surface area (Å²) in [7, 11) is -1.16. The molecule has 0 bridgehead atoms. The molecule has 1 unspecified atom stereocenters. The molecule has 3 nitrogen and oxygen atoms in total. The summed E-state index contributed by atoms with van der Waals surface area (Å²) in [5.41, 5.74) is 0.778. The Morgan fingerprint density at radius 2 is 2.28 bits per heavy atom. The van der Waals surface area contributed by atoms with Crippen LogP contribution in [0.3, 0.4) is 0 Å². The highest BCUT2D eigenvalue weighted by molar-refractivity contribution is 7.84. The van der Waals surface area contributed by atoms with Gasteiger partial charge in [0.1, 0.15) is 0 Å². The monoisotopic (exact) mass is 286 g/mol. The fraction of sp³-hybridized carbons (Fsp3) is 0.462. The third kappa shape index (κ3) is 4.52. The molecule has 100 valence electrons. The molecule has 1 N–H and O–H groups in total. The van der Waals surface area contributed by atoms with Crippen LogP contribution in [0.25, 0.3) is 0 Å². The molecule has 18 heavy (non-hydrogen) atoms. The summed E-state index contributed by atoms with van der Waals surface area (Å²) >= 11 is 5.95. The molecular formula is C13H19ClN2OS. The van der Waals surface area contributed by atoms with E-state index in [4.69, 9.17) is 11.6 Å². The molecular weight excluding hydrogens is 268 g/mol. The predicted octanol–water partition coefficient (Wildman–Crippen LogP) is 3.40. The summed E-state index contributed by atoms with van der Waals surface area (Å²) in [4.78, 5) is 4.26. The first-order valence-corrected chi connectivity index (χ1v) is 7.27. The van der Waals surface area contributed by atoms with Gasteiger partial charge < -0.3 is 0 Å². The van der Waals surface area contributed by atoms with Gasteiger partial charge in [-0.25, -0.2) is 8.93 Å². The van der Waals surface area contributed by atoms with Gasteiger partial charge in [0.05, 0.1) is 27.5 Å². The molecule has 5 heteroatoms. The molecule has 0 amide bonds. The Morgan fingerprint density at radius 1 is 1.61 bits per heavy atom. The molecule has 0 aliphatic rings. The fourth-order valence-corrected chi connectivity index (χ4v) is 2.31. The minimum absolute atomic E-state index is 0.138. The number of hydrogen-bond acceptors (Lipinski definition) is 2. The topological polar surface area (TPSA) is 42.0 Å². The number of nitrogens with zero attached hydrogens (tertiary/aromatic N) is 1. The molecule has 1 aromatic heterocycles. The molecule has 0 aliphatic carbocycles. The second-order valence-corrected chi connectivity index (χ2v) is 7.41. The fourth-order valence-electron chi connectivity index (χ4n) is 1.31. The van der Waals surface area contributed by atoms with Crippen molar-refractivity contribution in [2.24, 2.45) is 0 Å². The van der Waals surface area contributed by atoms with Gasteiger partial charge in [0.2, 0.25) is 0 Å². The SMILES string of the molecule is C=CC[C@H](NS(=O)C(C)(C)C)c1cc(Cl)ccn1. The zero-order valence-electron chi connectivity index (χ0n) is 10.9. The lowest BCUT2D eigenvalue weighted by molar-refractivity contribution is 0.594. The molecule has 1 rings (SSSR count). The highest BCUT2D eigenvalue weighted by atomic mass is 35.5. The van der Waals surface area contributed by atoms with Crippen molar-refractivity contribution >= 4 is 22.6 Å². The van der Waals surface area contributed by atoms with E-state index in [1.807, 2.05) is 20.8 Å². The maximum absolute atomic E-state index is 12.1. The van der Waals surface area contributed by atoms with Crippen molar-refractivity contribution in [1.82, 2.24) is 9.71 Å². The molecule has 0 saturated heterocycles. The average Bonchev–Trinajstić information content (AvgIpc) is 2.27. The number of pyridine rings is 1. The van der Waals surface area contributed by atoms with Crippen molar-refractivity contribution in [3.05, 3.63) is 41.7 Å². The Balaban J connectivity index is 2.90. The molecule has 2 atom stereocenters. The second-order valence-electron chi connectivity index (χ2n) is 4.97. The number of rotatable bonds is 5. The van der Waals surface area contributed by atoms with Crippen LogP contribution in [0.5, 0.6) is 0 Å². The number of nitrogens with one attached hydrogen (secondary N) is 1. The zero-order chi connectivity index (χ0) is 13.8. The van der Waals surface area contributed by atoms with Crippen molar-refractivity contribution in [3.63, 3.8) is 0 Å². The molecule has 0 spiro atoms. The van der Waals surface area contributed by atoms with Crippen LogP contribution in [-0.2, 0) is 11.0 Å². The largest absolute Gasteiger partial charge is 0.259 e. The normalized spacial score (nSPS) is 15.1. The lowest BCUT2D eigenvalue weighted by Crippen LogP contribution is -2.35. The van der Waals surface area contributed by atoms with Crippen LogP contribution in [-0.4, -0.2) is 13.9 Å². The van der Waals surface area contributed by atoms with E-state index < -0.39 is 11.0 Å². The minimum Gasteiger partial charge on any atom is -0.259 e. The summed E-state index contributed by atoms with van der Waals surface area (Å²) in [6.07, 6.45) is 4.07. The van der Waals surface area contributed by atoms with Gasteiger partial charge in [-0.15, -0.1) is 6.58 Å². The van der Waals surface area contributed by atoms with Crippen LogP contribution in [0.2, 0.25) is 5.02 Å². The van der Waals surface area contributed by atoms with E-state index in [9.17, 15) is 4.21 Å². The third-order valence-corrected chi connectivity index (χ3v) is 4.15. The smallest absolute Gasteiger partial charge is 0.0976 e. The maximum atomic E-state index is 12.1. The summed E-state index contributed by atoms with van der Waals surface area (Å²) in [6.45, 7) is 9.49. The highest BCUT2D eigenvalue weighted by Gasteiger charge is 2.23. The number of aromatic nitrogens is 1. The Bertz CT molecular complexity index is 443. The van der Waals surface area contributed by atoms with Crippen molar-refractivity contribution in [2.75, 3.05) is 0 Å². The van der Waals surface area contributed by atoms with Gasteiger partial charge in [-0.05, 0) is 39.3 Å². The zero-order valence-corrected chi connectivity index (χ0v) is 12.5. The summed E-state index contributed by atoms with van der Waals surface area (Å²) in [6, 6.07) is 3.36. The van der Waals surface area contributed by atoms with Gasteiger partial charge in [-0.1, -0.05) is 17.7 Å². The molecule has 1 aromatic rings. The van der Waals surface area contributed by atoms with Gasteiger partial charge in [-0.2, -0.15) is 0 Å². The van der Waals surface area contributed by atoms with E-state index >= 15 is 0 Å². The molecule has 1 heterocycles. The molecule has 0 saturated carbocycles. The van der Waals surface area contributed by atoms with Crippen molar-refractivity contribution in [3.8, 4) is 0 Å². The third-order valence-electron chi connectivity index (χ3n) is 2.31. The van der Waals surface area contributed by atoms with Crippen LogP contribution < -0.4 is 4.72 Å². The summed E-state index contributed by atoms with van der Waals surface area (Å²) in [5.74, 6) is 0. The van der Waals surface area contributed by atoms with Gasteiger partial charge in [0.25, 0.3) is 0 Å². The van der Waals surface area contributed by atoms with Crippen LogP contribution in [0.1, 0.15) is 38.9 Å². The lowest BCUT2D eigenvalue weighted by atomic mass is 10.1. The van der Waals surface area contributed by atoms with E-state index in [0.29, 0.717) is 11.4 Å². The Hall–Kier alpha value is -0.710. The molecule has 0 radical (unpaired) electrons. The van der Waals surface area contributed by atoms with E-state index in [1.165, 1.54) is 0 Å². The van der Waals surface area contributed by atoms with Crippen molar-refractivity contribution in [2.45, 2.75) is 38.0 Å². The predicted molar refractivity (Wildman–Crippen MR) is 77.8 cm³/mol. The van der Waals surface area contributed by atoms with Crippen LogP contribution in [0, 0.1) is 0 Å². The molecule has 0 aromatic carbocycles. The Morgan fingerprint density at radius 3 is 2.78 bits per heavy atom. The van der Waals surface area contributed by atoms with Crippen LogP contribution in [0.4, 0.5) is 0 Å². The van der Waals surface area contributed by atoms with E-state index in [2.05, 4.69) is 16.3 Å². The van der Waals surface area contributed by atoms with E-state index in [-0.39, 0.29) is 10.8 Å². The Kier molecular flexibility index (Phi) is 5.50. The standard InChI is InChI=1S/C13H19ClN2OS/c1-5-6-11(16-18(17)13(2,3)4)12-9-10(14)7-8-15-12/h5,7-9,11,16H,1,6H2,2-4H3/t11-,18?/m0/s1. The highest BCUT2D eigenvalue weighted by Crippen LogP contribution is 2.21. The lowest BCUT2D eigenvalue weighted by Gasteiger charge is -2.23. The molecule has 0 fully saturated rings. The Labute approximate surface area is 116 Å². The minimum atomic E-state index is -1.16. The average molecular weight is 287 g/mol. The second kappa shape index (κ2) is 6.45. The van der Waals surface area contributed by atoms with E-state index in [0.717, 1.165) is 5.69 Å². The quantitative estimate of drug-likeness (QED) is 0.843. The van der Waals surface area contributed by atoms with Gasteiger partial charge in [0.15, 0.2) is 0 Å². The summed E-state index contributed by atoms with van der Waals surface area (Å²) in [5, 5.41) is 0.623. The first kappa shape index (κ1) is 15.3. The summed E-state index contributed by atoms with van der Waals surface area (Å²) < 4.78 is 14.9. The van der Waals surface area contributed by atoms with Crippen LogP contribution in [0.15, 0.2) is 31.0 Å². The van der Waals surface area contributed by atoms with Gasteiger partial charge in [0, 0.05) is 11.2 Å². The first-order chi connectivity index (χ1) is 8.34. The van der Waals surface area contributed by atoms with Crippen molar-refractivity contribution < 1.29 is 4.21 Å². The van der Waals surface area contributed by atoms with E-state index in [1.54, 1.807) is 24.4 Å². The van der Waals surface area contributed by atoms with Crippen LogP contribution >= 0.6 is 11.6 Å².